The normalized spacial score (nSPS) is 29.2. The number of urea groups is 1. The van der Waals surface area contributed by atoms with Crippen molar-refractivity contribution in [1.82, 2.24) is 42.5 Å². The van der Waals surface area contributed by atoms with Crippen molar-refractivity contribution >= 4 is 88.3 Å². The van der Waals surface area contributed by atoms with Gasteiger partial charge in [0.25, 0.3) is 0 Å². The van der Waals surface area contributed by atoms with E-state index in [0.717, 1.165) is 107 Å². The van der Waals surface area contributed by atoms with Crippen LogP contribution in [0.1, 0.15) is 243 Å². The number of ether oxygens (including phenoxy) is 8. The fourth-order valence-electron chi connectivity index (χ4n) is 20.1. The first kappa shape index (κ1) is 102. The summed E-state index contributed by atoms with van der Waals surface area (Å²) in [7, 11) is 0. The van der Waals surface area contributed by atoms with Gasteiger partial charge in [-0.05, 0) is 218 Å². The second kappa shape index (κ2) is 42.6. The number of carbonyl (C=O) groups is 11. The van der Waals surface area contributed by atoms with Crippen molar-refractivity contribution in [2.24, 2.45) is 41.4 Å². The largest absolute Gasteiger partial charge is 0.508 e. The minimum atomic E-state index is -2.32. The van der Waals surface area contributed by atoms with Crippen LogP contribution in [0.25, 0.3) is 11.1 Å². The van der Waals surface area contributed by atoms with Crippen molar-refractivity contribution in [2.75, 3.05) is 13.2 Å². The number of fused-ring (bicyclic) bond motifs is 15. The number of rotatable bonds is 23. The second-order valence-electron chi connectivity index (χ2n) is 39.7. The van der Waals surface area contributed by atoms with Crippen LogP contribution < -0.4 is 56.7 Å². The van der Waals surface area contributed by atoms with Crippen molar-refractivity contribution in [2.45, 2.75) is 300 Å². The molecule has 734 valence electrons. The number of phenols is 3. The summed E-state index contributed by atoms with van der Waals surface area (Å²) in [5, 5.41) is 129. The quantitative estimate of drug-likeness (QED) is 0.0270. The molecule has 135 heavy (non-hydrogen) atoms. The number of hydrogen-bond donors (Lipinski definition) is 17. The summed E-state index contributed by atoms with van der Waals surface area (Å²) in [5.74, 6) is -17.1. The van der Waals surface area contributed by atoms with Gasteiger partial charge in [0.05, 0.1) is 40.1 Å². The topological polar surface area (TPSA) is 540 Å². The zero-order valence-corrected chi connectivity index (χ0v) is 78.8. The van der Waals surface area contributed by atoms with E-state index >= 15 is 28.8 Å². The summed E-state index contributed by atoms with van der Waals surface area (Å²) in [6.45, 7) is 17.1. The van der Waals surface area contributed by atoms with Crippen molar-refractivity contribution in [1.29, 1.82) is 0 Å². The molecule has 36 nitrogen and oxygen atoms in total. The lowest BCUT2D eigenvalue weighted by molar-refractivity contribution is -0.334. The number of alkyl carbamates (subject to hydrolysis) is 2. The number of hydrogen-bond acceptors (Lipinski definition) is 28. The van der Waals surface area contributed by atoms with E-state index in [-0.39, 0.29) is 87.9 Å². The van der Waals surface area contributed by atoms with Crippen LogP contribution in [0, 0.1) is 41.4 Å². The fraction of sp³-hybridized carbons (Fsp3) is 0.577. The van der Waals surface area contributed by atoms with Crippen LogP contribution in [0.3, 0.4) is 0 Å². The molecule has 0 aromatic heterocycles. The number of aliphatic hydroxyl groups excluding tert-OH is 6. The molecule has 18 atom stereocenters. The minimum absolute atomic E-state index is 0.0935. The molecule has 4 saturated carbocycles. The molecule has 9 amide bonds. The Bertz CT molecular complexity index is 5250. The Kier molecular flexibility index (Phi) is 32.2. The highest BCUT2D eigenvalue weighted by Gasteiger charge is 2.55. The standard InChI is InChI=1S/C97H124Cl2N8O28/c1-12-13-14-15-16-17-24-100-92(125)102-73(115)37-54-34-65(112)78(105-89(123)62(25-44(2)3)101-93(126)134-95(5,6)7)80(116)49-19-22-68(60(98)32-49)129-70-35-53-36-71(84(70)133-91-85(83(119)82(118)72(43-108)131-91)132-74-42-97(11,86(120)45(4)128-74)107-94(127)135-96(8,9)10)130-69-23-20-50(33-61(69)99)81(117)79-90(124)104-77(67(114)40-56-51-27-46-26-47(29-51)30-52(56)28-46)59-38-55(109)39-64(111)75(59)58-31-48(18-21-63(58)110)57(88(122)106-79)41-66(113)76(53)103-87(54)121/h18-23,31-33,35-36,38-39,44-47,51-52,54,56-57,62,72,74,76-83,85-86,91,108-111,116-120H,12-17,24-30,34,37,40-43H2,1-11H3,(H,101,126)(H,103,121)(H,104,124)(H,105,123)(H,106,122)(H,107,127)(H2,100,102,115,125)/t45?,46?,47?,51?,52?,54-,56?,57+,62+,72?,74?,76+,77-,78-,79-,80+,81+,82?,83?,85?,86?,91?,97?/m0/s1. The first-order valence-corrected chi connectivity index (χ1v) is 47.0. The van der Waals surface area contributed by atoms with Crippen LogP contribution in [-0.4, -0.2) is 208 Å². The van der Waals surface area contributed by atoms with E-state index < -0.39 is 268 Å². The van der Waals surface area contributed by atoms with Crippen molar-refractivity contribution in [3.8, 4) is 57.1 Å². The number of aromatic hydroxyl groups is 3. The van der Waals surface area contributed by atoms with Gasteiger partial charge in [0.15, 0.2) is 41.2 Å². The molecule has 38 heteroatoms. The van der Waals surface area contributed by atoms with Gasteiger partial charge in [-0.3, -0.25) is 43.7 Å². The molecule has 16 rings (SSSR count). The number of unbranched alkanes of at least 4 members (excludes halogenated alkanes) is 5. The first-order valence-electron chi connectivity index (χ1n) is 46.3. The van der Waals surface area contributed by atoms with Gasteiger partial charge in [0.1, 0.15) is 107 Å². The number of imide groups is 1. The van der Waals surface area contributed by atoms with E-state index in [1.165, 1.54) is 50.2 Å². The molecular formula is C97H124Cl2N8O28. The Morgan fingerprint density at radius 1 is 0.644 bits per heavy atom. The first-order chi connectivity index (χ1) is 63.7. The Morgan fingerprint density at radius 3 is 1.87 bits per heavy atom. The minimum Gasteiger partial charge on any atom is -0.508 e. The van der Waals surface area contributed by atoms with Gasteiger partial charge in [0, 0.05) is 55.8 Å². The number of ketones is 3. The Morgan fingerprint density at radius 2 is 1.26 bits per heavy atom. The molecule has 17 N–H and O–H groups in total. The lowest BCUT2D eigenvalue weighted by Gasteiger charge is -2.54. The Labute approximate surface area is 791 Å². The number of nitrogens with one attached hydrogen (secondary N) is 8. The van der Waals surface area contributed by atoms with Crippen molar-refractivity contribution in [3.05, 3.63) is 117 Å². The highest BCUT2D eigenvalue weighted by molar-refractivity contribution is 6.32. The third kappa shape index (κ3) is 24.4. The van der Waals surface area contributed by atoms with E-state index in [4.69, 9.17) is 61.1 Å². The van der Waals surface area contributed by atoms with Gasteiger partial charge in [-0.15, -0.1) is 0 Å². The Balaban J connectivity index is 1.01. The number of amides is 9. The van der Waals surface area contributed by atoms with E-state index in [1.807, 2.05) is 0 Å². The molecule has 5 aromatic carbocycles. The SMILES string of the molecule is CCCCCCCCNC(=O)NC(=O)C[C@@H]1CC(=O)[C@H](NC(=O)[C@@H](CC(C)C)NC(=O)OC(C)(C)C)[C@H](O)c2ccc(c(Cl)c2)Oc2cc3cc(c2OC2OC(CO)C(O)C(O)C2OC2CC(C)(NC(=O)OC(C)(C)C)C(O)C(C)O2)Oc2ccc(cc2Cl)[C@@H](O)[C@@H]2NC(=O)[C@H](CC(=O)[C@@H]3NC1=O)c1ccc(O)c(c1)-c1c(O)cc(O)cc1[C@@H](C(=O)CC1C3CC4CC(C3)CC1C4)NC2=O. The molecule has 7 heterocycles. The van der Waals surface area contributed by atoms with Crippen LogP contribution in [0.5, 0.6) is 46.0 Å². The van der Waals surface area contributed by atoms with Crippen LogP contribution in [0.2, 0.25) is 10.0 Å². The van der Waals surface area contributed by atoms with E-state index in [9.17, 15) is 69.9 Å². The second-order valence-corrected chi connectivity index (χ2v) is 40.5. The summed E-state index contributed by atoms with van der Waals surface area (Å²) < 4.78 is 50.8. The molecule has 0 radical (unpaired) electrons. The van der Waals surface area contributed by atoms with E-state index in [0.29, 0.717) is 18.3 Å². The van der Waals surface area contributed by atoms with Gasteiger partial charge < -0.3 is 121 Å². The zero-order valence-electron chi connectivity index (χ0n) is 77.3. The number of phenolic OH excluding ortho intramolecular Hbond substituents is 3. The van der Waals surface area contributed by atoms with Gasteiger partial charge in [-0.25, -0.2) is 14.4 Å². The summed E-state index contributed by atoms with van der Waals surface area (Å²) in [6, 6.07) is 3.79. The number of aliphatic hydroxyl groups is 6. The van der Waals surface area contributed by atoms with Gasteiger partial charge in [-0.1, -0.05) is 94.3 Å². The highest BCUT2D eigenvalue weighted by Crippen LogP contribution is 2.59. The zero-order chi connectivity index (χ0) is 97.9. The summed E-state index contributed by atoms with van der Waals surface area (Å²) in [6.07, 6.45) is -15.1. The molecule has 11 aliphatic rings. The molecule has 5 aromatic rings. The maximum absolute atomic E-state index is 16.9. The molecule has 15 bridgehead atoms. The molecule has 0 spiro atoms. The van der Waals surface area contributed by atoms with Crippen LogP contribution in [0.15, 0.2) is 78.9 Å². The molecule has 4 aliphatic carbocycles. The molecule has 2 saturated heterocycles. The van der Waals surface area contributed by atoms with Crippen molar-refractivity contribution in [3.63, 3.8) is 0 Å². The molecule has 7 aliphatic heterocycles. The predicted molar refractivity (Wildman–Crippen MR) is 486 cm³/mol. The molecule has 6 fully saturated rings. The van der Waals surface area contributed by atoms with Gasteiger partial charge in [-0.2, -0.15) is 0 Å². The van der Waals surface area contributed by atoms with Gasteiger partial charge >= 0.3 is 18.2 Å². The Hall–Kier alpha value is -10.5. The number of Topliss-reactive ketones (excluding diaryl/α,β-unsaturated/α-hetero) is 3. The summed E-state index contributed by atoms with van der Waals surface area (Å²) in [4.78, 5) is 168. The number of benzene rings is 5. The maximum atomic E-state index is 16.9. The maximum Gasteiger partial charge on any atom is 0.408 e. The third-order valence-electron chi connectivity index (χ3n) is 26.4. The van der Waals surface area contributed by atoms with Crippen LogP contribution in [-0.2, 0) is 62.0 Å². The lowest BCUT2D eigenvalue weighted by Crippen LogP contribution is -2.66. The average molecular weight is 1920 g/mol. The van der Waals surface area contributed by atoms with E-state index in [1.54, 1.807) is 55.4 Å². The van der Waals surface area contributed by atoms with Crippen LogP contribution >= 0.6 is 23.2 Å². The number of halogens is 2. The fourth-order valence-corrected chi connectivity index (χ4v) is 20.5. The highest BCUT2D eigenvalue weighted by atomic mass is 35.5. The molecule has 9 unspecified atom stereocenters. The van der Waals surface area contributed by atoms with Crippen molar-refractivity contribution < 1.29 is 137 Å². The monoisotopic (exact) mass is 1920 g/mol. The van der Waals surface area contributed by atoms with E-state index in [2.05, 4.69) is 49.5 Å². The molecular weight excluding hydrogens is 1800 g/mol. The summed E-state index contributed by atoms with van der Waals surface area (Å²) in [5.41, 5.74) is -5.72. The average Bonchev–Trinajstić information content (AvgIpc) is 0.755. The van der Waals surface area contributed by atoms with Gasteiger partial charge in [0.2, 0.25) is 41.6 Å². The smallest absolute Gasteiger partial charge is 0.408 e. The predicted octanol–water partition coefficient (Wildman–Crippen LogP) is 10.6. The summed E-state index contributed by atoms with van der Waals surface area (Å²) >= 11 is 14.7. The third-order valence-corrected chi connectivity index (χ3v) is 27.0. The lowest BCUT2D eigenvalue weighted by atomic mass is 9.51. The van der Waals surface area contributed by atoms with Crippen LogP contribution in [0.4, 0.5) is 14.4 Å². The number of carbonyl (C=O) groups excluding carboxylic acids is 11.